The third-order valence-electron chi connectivity index (χ3n) is 4.89. The molecule has 0 radical (unpaired) electrons. The second-order valence-electron chi connectivity index (χ2n) is 6.90. The summed E-state index contributed by atoms with van der Waals surface area (Å²) in [5.74, 6) is -1.20. The summed E-state index contributed by atoms with van der Waals surface area (Å²) in [6.07, 6.45) is -0.256. The largest absolute Gasteiger partial charge is 0.465 e. The number of benzene rings is 2. The van der Waals surface area contributed by atoms with E-state index >= 15 is 0 Å². The smallest absolute Gasteiger partial charge is 0.339 e. The van der Waals surface area contributed by atoms with Crippen LogP contribution in [-0.4, -0.2) is 60.9 Å². The van der Waals surface area contributed by atoms with Gasteiger partial charge >= 0.3 is 5.97 Å². The second kappa shape index (κ2) is 9.84. The minimum atomic E-state index is -0.540. The monoisotopic (exact) mass is 395 g/mol. The van der Waals surface area contributed by atoms with Crippen LogP contribution in [0.1, 0.15) is 22.3 Å². The van der Waals surface area contributed by atoms with E-state index in [1.807, 2.05) is 18.2 Å². The highest BCUT2D eigenvalue weighted by Gasteiger charge is 2.23. The molecule has 1 aliphatic heterocycles. The summed E-state index contributed by atoms with van der Waals surface area (Å²) in [6, 6.07) is 16.8. The Morgan fingerprint density at radius 3 is 2.28 bits per heavy atom. The van der Waals surface area contributed by atoms with E-state index in [1.165, 1.54) is 12.7 Å². The van der Waals surface area contributed by atoms with Crippen molar-refractivity contribution in [3.05, 3.63) is 65.7 Å². The first kappa shape index (κ1) is 20.5. The van der Waals surface area contributed by atoms with Gasteiger partial charge in [-0.15, -0.1) is 0 Å². The van der Waals surface area contributed by atoms with Gasteiger partial charge < -0.3 is 15.0 Å². The molecule has 1 N–H and O–H groups in total. The first-order valence-electron chi connectivity index (χ1n) is 9.58. The Hall–Kier alpha value is -3.19. The van der Waals surface area contributed by atoms with Crippen LogP contribution in [0.3, 0.4) is 0 Å². The fourth-order valence-electron chi connectivity index (χ4n) is 3.32. The molecule has 0 unspecified atom stereocenters. The van der Waals surface area contributed by atoms with Crippen molar-refractivity contribution in [2.24, 2.45) is 0 Å². The fraction of sp³-hybridized carbons (Fsp3) is 0.318. The van der Waals surface area contributed by atoms with Crippen molar-refractivity contribution >= 4 is 23.5 Å². The summed E-state index contributed by atoms with van der Waals surface area (Å²) < 4.78 is 4.72. The molecule has 2 aromatic carbocycles. The van der Waals surface area contributed by atoms with Gasteiger partial charge in [0.1, 0.15) is 6.42 Å². The van der Waals surface area contributed by atoms with Crippen LogP contribution in [0.2, 0.25) is 0 Å². The van der Waals surface area contributed by atoms with Gasteiger partial charge in [0.05, 0.1) is 18.4 Å². The maximum atomic E-state index is 12.5. The highest BCUT2D eigenvalue weighted by molar-refractivity contribution is 6.06. The van der Waals surface area contributed by atoms with Gasteiger partial charge in [0.2, 0.25) is 11.8 Å². The maximum absolute atomic E-state index is 12.5. The third kappa shape index (κ3) is 5.65. The molecular weight excluding hydrogens is 370 g/mol. The van der Waals surface area contributed by atoms with Gasteiger partial charge in [-0.25, -0.2) is 4.79 Å². The lowest BCUT2D eigenvalue weighted by atomic mass is 10.1. The number of esters is 1. The second-order valence-corrected chi connectivity index (χ2v) is 6.90. The predicted molar refractivity (Wildman–Crippen MR) is 109 cm³/mol. The van der Waals surface area contributed by atoms with Crippen LogP contribution in [-0.2, 0) is 20.9 Å². The lowest BCUT2D eigenvalue weighted by molar-refractivity contribution is -0.136. The number of nitrogens with zero attached hydrogens (tertiary/aromatic N) is 2. The minimum Gasteiger partial charge on any atom is -0.465 e. The van der Waals surface area contributed by atoms with Crippen LogP contribution in [0.5, 0.6) is 0 Å². The molecular formula is C22H25N3O4. The molecule has 7 heteroatoms. The standard InChI is InChI=1S/C22H25N3O4/c1-29-22(28)18-9-5-6-10-19(18)23-20(26)15-21(27)25-13-11-24(12-14-25)16-17-7-3-2-4-8-17/h2-10H,11-16H2,1H3,(H,23,26). The Kier molecular flexibility index (Phi) is 6.97. The Bertz CT molecular complexity index is 861. The van der Waals surface area contributed by atoms with Crippen LogP contribution in [0, 0.1) is 0 Å². The van der Waals surface area contributed by atoms with E-state index in [2.05, 4.69) is 22.3 Å². The Morgan fingerprint density at radius 1 is 0.931 bits per heavy atom. The van der Waals surface area contributed by atoms with Crippen LogP contribution >= 0.6 is 0 Å². The lowest BCUT2D eigenvalue weighted by Gasteiger charge is -2.34. The highest BCUT2D eigenvalue weighted by atomic mass is 16.5. The van der Waals surface area contributed by atoms with Crippen LogP contribution < -0.4 is 5.32 Å². The number of amides is 2. The van der Waals surface area contributed by atoms with E-state index < -0.39 is 11.9 Å². The summed E-state index contributed by atoms with van der Waals surface area (Å²) in [5, 5.41) is 2.64. The molecule has 2 amide bonds. The molecule has 0 aliphatic carbocycles. The number of para-hydroxylation sites is 1. The van der Waals surface area contributed by atoms with Crippen molar-refractivity contribution in [3.63, 3.8) is 0 Å². The number of ether oxygens (including phenoxy) is 1. The molecule has 2 aromatic rings. The Morgan fingerprint density at radius 2 is 1.59 bits per heavy atom. The maximum Gasteiger partial charge on any atom is 0.339 e. The number of rotatable bonds is 6. The fourth-order valence-corrected chi connectivity index (χ4v) is 3.32. The Balaban J connectivity index is 1.49. The van der Waals surface area contributed by atoms with E-state index in [9.17, 15) is 14.4 Å². The zero-order valence-electron chi connectivity index (χ0n) is 16.5. The van der Waals surface area contributed by atoms with Crippen molar-refractivity contribution in [3.8, 4) is 0 Å². The summed E-state index contributed by atoms with van der Waals surface area (Å²) in [5.41, 5.74) is 1.84. The molecule has 152 valence electrons. The molecule has 1 saturated heterocycles. The van der Waals surface area contributed by atoms with Crippen molar-refractivity contribution in [2.75, 3.05) is 38.6 Å². The number of anilines is 1. The van der Waals surface area contributed by atoms with Gasteiger partial charge in [-0.3, -0.25) is 14.5 Å². The molecule has 7 nitrogen and oxygen atoms in total. The zero-order chi connectivity index (χ0) is 20.6. The molecule has 29 heavy (non-hydrogen) atoms. The number of piperazine rings is 1. The molecule has 1 aliphatic rings. The highest BCUT2D eigenvalue weighted by Crippen LogP contribution is 2.16. The normalized spacial score (nSPS) is 14.3. The third-order valence-corrected chi connectivity index (χ3v) is 4.89. The van der Waals surface area contributed by atoms with Crippen molar-refractivity contribution in [1.82, 2.24) is 9.80 Å². The molecule has 0 aromatic heterocycles. The van der Waals surface area contributed by atoms with Gasteiger partial charge in [0, 0.05) is 32.7 Å². The van der Waals surface area contributed by atoms with Crippen LogP contribution in [0.25, 0.3) is 0 Å². The van der Waals surface area contributed by atoms with Crippen molar-refractivity contribution in [2.45, 2.75) is 13.0 Å². The molecule has 3 rings (SSSR count). The van der Waals surface area contributed by atoms with Crippen LogP contribution in [0.4, 0.5) is 5.69 Å². The predicted octanol–water partition coefficient (Wildman–Crippen LogP) is 2.15. The molecule has 0 spiro atoms. The average Bonchev–Trinajstić information content (AvgIpc) is 2.74. The Labute approximate surface area is 170 Å². The first-order valence-corrected chi connectivity index (χ1v) is 9.58. The molecule has 0 saturated carbocycles. The number of methoxy groups -OCH3 is 1. The molecule has 1 heterocycles. The van der Waals surface area contributed by atoms with E-state index in [4.69, 9.17) is 4.74 Å². The molecule has 0 atom stereocenters. The number of hydrogen-bond donors (Lipinski definition) is 1. The quantitative estimate of drug-likeness (QED) is 0.599. The summed E-state index contributed by atoms with van der Waals surface area (Å²) in [4.78, 5) is 40.6. The lowest BCUT2D eigenvalue weighted by Crippen LogP contribution is -2.48. The van der Waals surface area contributed by atoms with Gasteiger partial charge in [0.15, 0.2) is 0 Å². The number of nitrogens with one attached hydrogen (secondary N) is 1. The minimum absolute atomic E-state index is 0.211. The first-order chi connectivity index (χ1) is 14.1. The zero-order valence-corrected chi connectivity index (χ0v) is 16.5. The van der Waals surface area contributed by atoms with Crippen molar-refractivity contribution in [1.29, 1.82) is 0 Å². The van der Waals surface area contributed by atoms with E-state index in [1.54, 1.807) is 29.2 Å². The van der Waals surface area contributed by atoms with Crippen molar-refractivity contribution < 1.29 is 19.1 Å². The SMILES string of the molecule is COC(=O)c1ccccc1NC(=O)CC(=O)N1CCN(Cc2ccccc2)CC1. The summed E-state index contributed by atoms with van der Waals surface area (Å²) >= 11 is 0. The molecule has 0 bridgehead atoms. The topological polar surface area (TPSA) is 78.9 Å². The van der Waals surface area contributed by atoms with Gasteiger partial charge in [-0.1, -0.05) is 42.5 Å². The summed E-state index contributed by atoms with van der Waals surface area (Å²) in [7, 11) is 1.28. The summed E-state index contributed by atoms with van der Waals surface area (Å²) in [6.45, 7) is 3.59. The number of carbonyl (C=O) groups excluding carboxylic acids is 3. The van der Waals surface area contributed by atoms with E-state index in [0.29, 0.717) is 18.8 Å². The average molecular weight is 395 g/mol. The van der Waals surface area contributed by atoms with Gasteiger partial charge in [-0.05, 0) is 17.7 Å². The molecule has 1 fully saturated rings. The number of carbonyl (C=O) groups is 3. The van der Waals surface area contributed by atoms with E-state index in [-0.39, 0.29) is 17.9 Å². The van der Waals surface area contributed by atoms with Gasteiger partial charge in [0.25, 0.3) is 0 Å². The van der Waals surface area contributed by atoms with E-state index in [0.717, 1.165) is 19.6 Å². The van der Waals surface area contributed by atoms with Gasteiger partial charge in [-0.2, -0.15) is 0 Å². The number of hydrogen-bond acceptors (Lipinski definition) is 5. The van der Waals surface area contributed by atoms with Crippen LogP contribution in [0.15, 0.2) is 54.6 Å².